The number of carbonyl (C=O) groups excluding carboxylic acids is 1. The predicted octanol–water partition coefficient (Wildman–Crippen LogP) is 2.20. The normalized spacial score (nSPS) is 22.6. The number of hydrogen-bond acceptors (Lipinski definition) is 5. The summed E-state index contributed by atoms with van der Waals surface area (Å²) in [7, 11) is -3.39. The molecule has 0 aliphatic carbocycles. The third-order valence-electron chi connectivity index (χ3n) is 5.34. The SMILES string of the molecule is O=C(C1CCn2cc(C(F)(F)F)nc2C1)N(Cc1ccncc1)C1C=CS(=O)(=O)C1. The van der Waals surface area contributed by atoms with Gasteiger partial charge >= 0.3 is 6.18 Å². The fraction of sp³-hybridized carbons (Fsp3) is 0.421. The number of carbonyl (C=O) groups is 1. The average Bonchev–Trinajstić information content (AvgIpc) is 3.28. The van der Waals surface area contributed by atoms with Gasteiger partial charge in [0.25, 0.3) is 0 Å². The molecule has 0 bridgehead atoms. The van der Waals surface area contributed by atoms with E-state index in [0.29, 0.717) is 6.42 Å². The number of amides is 1. The Balaban J connectivity index is 1.57. The largest absolute Gasteiger partial charge is 0.434 e. The van der Waals surface area contributed by atoms with Gasteiger partial charge in [-0.3, -0.25) is 9.78 Å². The van der Waals surface area contributed by atoms with E-state index >= 15 is 0 Å². The molecule has 0 radical (unpaired) electrons. The fourth-order valence-electron chi connectivity index (χ4n) is 3.81. The van der Waals surface area contributed by atoms with Crippen molar-refractivity contribution >= 4 is 15.7 Å². The van der Waals surface area contributed by atoms with Crippen LogP contribution in [0.2, 0.25) is 0 Å². The smallest absolute Gasteiger partial charge is 0.334 e. The van der Waals surface area contributed by atoms with Gasteiger partial charge < -0.3 is 9.47 Å². The van der Waals surface area contributed by atoms with E-state index in [0.717, 1.165) is 17.2 Å². The van der Waals surface area contributed by atoms with Crippen LogP contribution in [0.5, 0.6) is 0 Å². The summed E-state index contributed by atoms with van der Waals surface area (Å²) in [5.74, 6) is -0.852. The maximum absolute atomic E-state index is 13.3. The van der Waals surface area contributed by atoms with E-state index in [1.807, 2.05) is 0 Å². The quantitative estimate of drug-likeness (QED) is 0.728. The van der Waals surface area contributed by atoms with E-state index in [9.17, 15) is 26.4 Å². The molecule has 2 aromatic heterocycles. The van der Waals surface area contributed by atoms with Crippen molar-refractivity contribution in [1.82, 2.24) is 19.4 Å². The van der Waals surface area contributed by atoms with Gasteiger partial charge in [0.05, 0.1) is 11.8 Å². The van der Waals surface area contributed by atoms with E-state index in [1.165, 1.54) is 15.5 Å². The van der Waals surface area contributed by atoms with E-state index in [2.05, 4.69) is 9.97 Å². The van der Waals surface area contributed by atoms with Crippen LogP contribution in [0.25, 0.3) is 0 Å². The zero-order chi connectivity index (χ0) is 21.5. The maximum Gasteiger partial charge on any atom is 0.434 e. The Morgan fingerprint density at radius 1 is 1.27 bits per heavy atom. The van der Waals surface area contributed by atoms with Crippen molar-refractivity contribution < 1.29 is 26.4 Å². The van der Waals surface area contributed by atoms with Crippen molar-refractivity contribution in [3.63, 3.8) is 0 Å². The first-order chi connectivity index (χ1) is 14.1. The molecular formula is C19H19F3N4O3S. The Labute approximate surface area is 171 Å². The molecule has 4 heterocycles. The lowest BCUT2D eigenvalue weighted by molar-refractivity contribution is -0.141. The molecule has 2 unspecified atom stereocenters. The molecule has 30 heavy (non-hydrogen) atoms. The van der Waals surface area contributed by atoms with E-state index in [1.54, 1.807) is 24.5 Å². The van der Waals surface area contributed by atoms with Crippen molar-refractivity contribution in [1.29, 1.82) is 0 Å². The van der Waals surface area contributed by atoms with Crippen LogP contribution in [0.3, 0.4) is 0 Å². The van der Waals surface area contributed by atoms with Gasteiger partial charge in [0.1, 0.15) is 5.82 Å². The van der Waals surface area contributed by atoms with Crippen LogP contribution in [0.4, 0.5) is 13.2 Å². The topological polar surface area (TPSA) is 85.2 Å². The van der Waals surface area contributed by atoms with E-state index in [4.69, 9.17) is 0 Å². The molecule has 2 aliphatic heterocycles. The number of nitrogens with zero attached hydrogens (tertiary/aromatic N) is 4. The van der Waals surface area contributed by atoms with Crippen molar-refractivity contribution in [2.24, 2.45) is 5.92 Å². The number of alkyl halides is 3. The number of imidazole rings is 1. The Kier molecular flexibility index (Phi) is 5.16. The molecule has 0 spiro atoms. The van der Waals surface area contributed by atoms with Gasteiger partial charge in [-0.05, 0) is 30.2 Å². The van der Waals surface area contributed by atoms with Crippen LogP contribution in [-0.4, -0.2) is 45.6 Å². The van der Waals surface area contributed by atoms with Crippen LogP contribution in [0.15, 0.2) is 42.2 Å². The van der Waals surface area contributed by atoms with Gasteiger partial charge in [-0.1, -0.05) is 0 Å². The van der Waals surface area contributed by atoms with Gasteiger partial charge in [-0.2, -0.15) is 13.2 Å². The van der Waals surface area contributed by atoms with Crippen LogP contribution in [0.1, 0.15) is 23.5 Å². The first-order valence-electron chi connectivity index (χ1n) is 9.36. The first-order valence-corrected chi connectivity index (χ1v) is 11.1. The Bertz CT molecular complexity index is 1080. The first kappa shape index (κ1) is 20.6. The summed E-state index contributed by atoms with van der Waals surface area (Å²) in [5, 5.41) is 1.10. The summed E-state index contributed by atoms with van der Waals surface area (Å²) in [6.07, 6.45) is 1.50. The van der Waals surface area contributed by atoms with Gasteiger partial charge in [-0.15, -0.1) is 0 Å². The maximum atomic E-state index is 13.3. The van der Waals surface area contributed by atoms with E-state index < -0.39 is 33.7 Å². The van der Waals surface area contributed by atoms with Gasteiger partial charge in [0.15, 0.2) is 15.5 Å². The van der Waals surface area contributed by atoms with Crippen LogP contribution >= 0.6 is 0 Å². The summed E-state index contributed by atoms with van der Waals surface area (Å²) in [6.45, 7) is 0.432. The number of fused-ring (bicyclic) bond motifs is 1. The molecule has 160 valence electrons. The minimum atomic E-state index is -4.54. The second-order valence-corrected chi connectivity index (χ2v) is 9.40. The number of aryl methyl sites for hydroxylation is 1. The van der Waals surface area contributed by atoms with Crippen molar-refractivity contribution in [2.45, 2.75) is 38.1 Å². The zero-order valence-electron chi connectivity index (χ0n) is 15.8. The highest BCUT2D eigenvalue weighted by Crippen LogP contribution is 2.32. The second-order valence-electron chi connectivity index (χ2n) is 7.47. The monoisotopic (exact) mass is 440 g/mol. The van der Waals surface area contributed by atoms with Crippen molar-refractivity contribution in [3.8, 4) is 0 Å². The minimum absolute atomic E-state index is 0.0743. The highest BCUT2D eigenvalue weighted by Gasteiger charge is 2.39. The number of aromatic nitrogens is 3. The molecular weight excluding hydrogens is 421 g/mol. The second kappa shape index (κ2) is 7.53. The number of sulfone groups is 1. The molecule has 4 rings (SSSR count). The number of pyridine rings is 1. The third kappa shape index (κ3) is 4.25. The summed E-state index contributed by atoms with van der Waals surface area (Å²) in [4.78, 5) is 22.4. The number of hydrogen-bond donors (Lipinski definition) is 0. The lowest BCUT2D eigenvalue weighted by atomic mass is 9.95. The van der Waals surface area contributed by atoms with Crippen LogP contribution < -0.4 is 0 Å². The lowest BCUT2D eigenvalue weighted by Crippen LogP contribution is -2.45. The summed E-state index contributed by atoms with van der Waals surface area (Å²) < 4.78 is 64.1. The molecule has 0 N–H and O–H groups in total. The fourth-order valence-corrected chi connectivity index (χ4v) is 5.11. The Hall–Kier alpha value is -2.69. The van der Waals surface area contributed by atoms with E-state index in [-0.39, 0.29) is 37.0 Å². The number of rotatable bonds is 4. The van der Waals surface area contributed by atoms with Crippen molar-refractivity contribution in [3.05, 3.63) is 59.3 Å². The zero-order valence-corrected chi connectivity index (χ0v) is 16.6. The molecule has 0 saturated heterocycles. The molecule has 0 aromatic carbocycles. The molecule has 0 fully saturated rings. The van der Waals surface area contributed by atoms with Crippen LogP contribution in [-0.2, 0) is 40.3 Å². The summed E-state index contributed by atoms with van der Waals surface area (Å²) in [5.41, 5.74) is -0.184. The van der Waals surface area contributed by atoms with Gasteiger partial charge in [0, 0.05) is 49.4 Å². The standard InChI is InChI=1S/C19H19F3N4O3S/c20-19(21,22)16-11-25-7-3-14(9-17(25)24-16)18(27)26(10-13-1-5-23-6-2-13)15-4-8-30(28,29)12-15/h1-2,4-6,8,11,14-15H,3,7,9-10,12H2. The average molecular weight is 440 g/mol. The lowest BCUT2D eigenvalue weighted by Gasteiger charge is -2.33. The molecule has 1 amide bonds. The van der Waals surface area contributed by atoms with Crippen molar-refractivity contribution in [2.75, 3.05) is 5.75 Å². The predicted molar refractivity (Wildman–Crippen MR) is 101 cm³/mol. The highest BCUT2D eigenvalue weighted by molar-refractivity contribution is 7.94. The Morgan fingerprint density at radius 3 is 2.63 bits per heavy atom. The highest BCUT2D eigenvalue weighted by atomic mass is 32.2. The van der Waals surface area contributed by atoms with Crippen LogP contribution in [0, 0.1) is 5.92 Å². The summed E-state index contributed by atoms with van der Waals surface area (Å²) in [6, 6.07) is 2.84. The van der Waals surface area contributed by atoms with Gasteiger partial charge in [0.2, 0.25) is 5.91 Å². The van der Waals surface area contributed by atoms with Gasteiger partial charge in [-0.25, -0.2) is 13.4 Å². The summed E-state index contributed by atoms with van der Waals surface area (Å²) >= 11 is 0. The Morgan fingerprint density at radius 2 is 2.00 bits per heavy atom. The molecule has 0 saturated carbocycles. The molecule has 2 aliphatic rings. The molecule has 2 aromatic rings. The molecule has 7 nitrogen and oxygen atoms in total. The number of halogens is 3. The molecule has 2 atom stereocenters. The minimum Gasteiger partial charge on any atom is -0.334 e. The third-order valence-corrected chi connectivity index (χ3v) is 6.72. The molecule has 11 heteroatoms.